The number of hydrogen-bond acceptors (Lipinski definition) is 5. The average Bonchev–Trinajstić information content (AvgIpc) is 3.18. The van der Waals surface area contributed by atoms with Crippen molar-refractivity contribution in [2.75, 3.05) is 12.5 Å². The Morgan fingerprint density at radius 2 is 1.95 bits per heavy atom. The fourth-order valence-corrected chi connectivity index (χ4v) is 2.78. The molecule has 2 N–H and O–H groups in total. The molecule has 2 aromatic rings. The Hall–Kier alpha value is -1.82. The largest absolute Gasteiger partial charge is 0.454 e. The predicted molar refractivity (Wildman–Crippen MR) is 77.7 cm³/mol. The highest BCUT2D eigenvalue weighted by molar-refractivity contribution is 9.10. The number of nitrogen functional groups attached to an aromatic ring is 1. The maximum absolute atomic E-state index is 5.98. The molecule has 1 aliphatic carbocycles. The molecule has 1 aromatic carbocycles. The number of halogens is 1. The molecule has 2 aliphatic rings. The maximum Gasteiger partial charge on any atom is 0.231 e. The van der Waals surface area contributed by atoms with Gasteiger partial charge in [-0.2, -0.15) is 0 Å². The van der Waals surface area contributed by atoms with Crippen LogP contribution in [-0.2, 0) is 0 Å². The van der Waals surface area contributed by atoms with Gasteiger partial charge in [0.15, 0.2) is 17.3 Å². The van der Waals surface area contributed by atoms with Gasteiger partial charge in [-0.1, -0.05) is 0 Å². The van der Waals surface area contributed by atoms with Gasteiger partial charge in [-0.15, -0.1) is 0 Å². The lowest BCUT2D eigenvalue weighted by atomic mass is 10.1. The van der Waals surface area contributed by atoms with Gasteiger partial charge in [-0.25, -0.2) is 9.97 Å². The Balaban J connectivity index is 1.82. The molecule has 1 fully saturated rings. The first-order chi connectivity index (χ1) is 9.72. The molecular weight excluding hydrogens is 322 g/mol. The van der Waals surface area contributed by atoms with Crippen LogP contribution in [-0.4, -0.2) is 16.8 Å². The molecule has 0 saturated heterocycles. The molecular formula is C14H12BrN3O2. The first-order valence-corrected chi connectivity index (χ1v) is 7.24. The minimum atomic E-state index is 0.259. The number of aromatic nitrogens is 2. The Morgan fingerprint density at radius 3 is 2.75 bits per heavy atom. The van der Waals surface area contributed by atoms with Crippen molar-refractivity contribution < 1.29 is 9.47 Å². The SMILES string of the molecule is Nc1nc(-c2ccc3c(c2)OCO3)nc(C2CC2)c1Br. The van der Waals surface area contributed by atoms with E-state index in [0.717, 1.165) is 40.1 Å². The molecule has 6 heteroatoms. The van der Waals surface area contributed by atoms with Gasteiger partial charge in [0.1, 0.15) is 5.82 Å². The zero-order chi connectivity index (χ0) is 13.7. The molecule has 20 heavy (non-hydrogen) atoms. The van der Waals surface area contributed by atoms with Crippen molar-refractivity contribution in [1.82, 2.24) is 9.97 Å². The van der Waals surface area contributed by atoms with Crippen LogP contribution in [0, 0.1) is 0 Å². The second kappa shape index (κ2) is 4.34. The quantitative estimate of drug-likeness (QED) is 0.914. The minimum absolute atomic E-state index is 0.259. The molecule has 0 amide bonds. The van der Waals surface area contributed by atoms with Crippen molar-refractivity contribution in [3.05, 3.63) is 28.4 Å². The van der Waals surface area contributed by atoms with Crippen LogP contribution in [0.15, 0.2) is 22.7 Å². The Labute approximate surface area is 124 Å². The van der Waals surface area contributed by atoms with Crippen LogP contribution in [0.2, 0.25) is 0 Å². The lowest BCUT2D eigenvalue weighted by molar-refractivity contribution is 0.174. The van der Waals surface area contributed by atoms with Crippen molar-refractivity contribution in [2.24, 2.45) is 0 Å². The van der Waals surface area contributed by atoms with E-state index in [2.05, 4.69) is 25.9 Å². The summed E-state index contributed by atoms with van der Waals surface area (Å²) in [5.41, 5.74) is 7.87. The maximum atomic E-state index is 5.98. The molecule has 1 aromatic heterocycles. The van der Waals surface area contributed by atoms with Crippen LogP contribution < -0.4 is 15.2 Å². The molecule has 0 radical (unpaired) electrons. The van der Waals surface area contributed by atoms with Crippen LogP contribution in [0.1, 0.15) is 24.5 Å². The number of ether oxygens (including phenoxy) is 2. The molecule has 4 rings (SSSR count). The van der Waals surface area contributed by atoms with Crippen molar-refractivity contribution in [3.63, 3.8) is 0 Å². The molecule has 0 spiro atoms. The third kappa shape index (κ3) is 1.91. The molecule has 1 aliphatic heterocycles. The summed E-state index contributed by atoms with van der Waals surface area (Å²) in [5.74, 6) is 3.09. The van der Waals surface area contributed by atoms with E-state index in [1.165, 1.54) is 0 Å². The second-order valence-electron chi connectivity index (χ2n) is 4.97. The van der Waals surface area contributed by atoms with Crippen LogP contribution >= 0.6 is 15.9 Å². The highest BCUT2D eigenvalue weighted by Gasteiger charge is 2.29. The Bertz CT molecular complexity index is 701. The van der Waals surface area contributed by atoms with Crippen LogP contribution in [0.4, 0.5) is 5.82 Å². The van der Waals surface area contributed by atoms with E-state index in [4.69, 9.17) is 15.2 Å². The number of fused-ring (bicyclic) bond motifs is 1. The molecule has 0 bridgehead atoms. The van der Waals surface area contributed by atoms with Gasteiger partial charge < -0.3 is 15.2 Å². The number of benzene rings is 1. The number of nitrogens with two attached hydrogens (primary N) is 1. The Kier molecular flexibility index (Phi) is 2.60. The smallest absolute Gasteiger partial charge is 0.231 e. The summed E-state index contributed by atoms with van der Waals surface area (Å²) in [5, 5.41) is 0. The van der Waals surface area contributed by atoms with Gasteiger partial charge in [0.05, 0.1) is 10.2 Å². The van der Waals surface area contributed by atoms with E-state index < -0.39 is 0 Å². The lowest BCUT2D eigenvalue weighted by Crippen LogP contribution is -2.02. The summed E-state index contributed by atoms with van der Waals surface area (Å²) in [6.45, 7) is 0.259. The lowest BCUT2D eigenvalue weighted by Gasteiger charge is -2.08. The average molecular weight is 334 g/mol. The van der Waals surface area contributed by atoms with E-state index in [1.54, 1.807) is 0 Å². The van der Waals surface area contributed by atoms with Gasteiger partial charge >= 0.3 is 0 Å². The fraction of sp³-hybridized carbons (Fsp3) is 0.286. The second-order valence-corrected chi connectivity index (χ2v) is 5.77. The number of anilines is 1. The number of nitrogens with zero attached hydrogens (tertiary/aromatic N) is 2. The van der Waals surface area contributed by atoms with E-state index in [9.17, 15) is 0 Å². The molecule has 2 heterocycles. The van der Waals surface area contributed by atoms with Crippen LogP contribution in [0.5, 0.6) is 11.5 Å². The third-order valence-electron chi connectivity index (χ3n) is 3.50. The first kappa shape index (κ1) is 12.0. The fourth-order valence-electron chi connectivity index (χ4n) is 2.27. The van der Waals surface area contributed by atoms with E-state index in [0.29, 0.717) is 17.6 Å². The molecule has 0 unspecified atom stereocenters. The summed E-state index contributed by atoms with van der Waals surface area (Å²) >= 11 is 3.48. The van der Waals surface area contributed by atoms with Crippen molar-refractivity contribution in [3.8, 4) is 22.9 Å². The minimum Gasteiger partial charge on any atom is -0.454 e. The number of rotatable bonds is 2. The predicted octanol–water partition coefficient (Wildman–Crippen LogP) is 3.09. The van der Waals surface area contributed by atoms with Gasteiger partial charge in [0, 0.05) is 11.5 Å². The van der Waals surface area contributed by atoms with Gasteiger partial charge in [0.25, 0.3) is 0 Å². The first-order valence-electron chi connectivity index (χ1n) is 6.45. The Morgan fingerprint density at radius 1 is 1.15 bits per heavy atom. The molecule has 5 nitrogen and oxygen atoms in total. The van der Waals surface area contributed by atoms with E-state index in [1.807, 2.05) is 18.2 Å². The van der Waals surface area contributed by atoms with Gasteiger partial charge in [-0.3, -0.25) is 0 Å². The highest BCUT2D eigenvalue weighted by atomic mass is 79.9. The third-order valence-corrected chi connectivity index (χ3v) is 4.31. The van der Waals surface area contributed by atoms with Crippen molar-refractivity contribution in [2.45, 2.75) is 18.8 Å². The van der Waals surface area contributed by atoms with Crippen molar-refractivity contribution >= 4 is 21.7 Å². The van der Waals surface area contributed by atoms with Crippen LogP contribution in [0.3, 0.4) is 0 Å². The highest BCUT2D eigenvalue weighted by Crippen LogP contribution is 2.44. The van der Waals surface area contributed by atoms with Crippen molar-refractivity contribution in [1.29, 1.82) is 0 Å². The summed E-state index contributed by atoms with van der Waals surface area (Å²) < 4.78 is 11.5. The molecule has 1 saturated carbocycles. The molecule has 102 valence electrons. The van der Waals surface area contributed by atoms with E-state index in [-0.39, 0.29) is 6.79 Å². The number of hydrogen-bond donors (Lipinski definition) is 1. The van der Waals surface area contributed by atoms with Crippen LogP contribution in [0.25, 0.3) is 11.4 Å². The zero-order valence-electron chi connectivity index (χ0n) is 10.6. The summed E-state index contributed by atoms with van der Waals surface area (Å²) in [4.78, 5) is 9.02. The normalized spacial score (nSPS) is 16.4. The van der Waals surface area contributed by atoms with Gasteiger partial charge in [-0.05, 0) is 47.0 Å². The summed E-state index contributed by atoms with van der Waals surface area (Å²) in [7, 11) is 0. The molecule has 0 atom stereocenters. The topological polar surface area (TPSA) is 70.3 Å². The zero-order valence-corrected chi connectivity index (χ0v) is 12.2. The van der Waals surface area contributed by atoms with E-state index >= 15 is 0 Å². The standard InChI is InChI=1S/C14H12BrN3O2/c15-11-12(7-1-2-7)17-14(18-13(11)16)8-3-4-9-10(5-8)20-6-19-9/h3-5,7H,1-2,6H2,(H2,16,17,18). The van der Waals surface area contributed by atoms with Gasteiger partial charge in [0.2, 0.25) is 6.79 Å². The summed E-state index contributed by atoms with van der Waals surface area (Å²) in [6.07, 6.45) is 2.32. The summed E-state index contributed by atoms with van der Waals surface area (Å²) in [6, 6.07) is 5.69. The monoisotopic (exact) mass is 333 g/mol.